The molecule has 1 nitrogen and oxygen atoms in total. The summed E-state index contributed by atoms with van der Waals surface area (Å²) < 4.78 is 4.18. The van der Waals surface area contributed by atoms with Gasteiger partial charge in [-0.2, -0.15) is 0 Å². The Morgan fingerprint density at radius 3 is 2.54 bits per heavy atom. The molecule has 2 heterocycles. The van der Waals surface area contributed by atoms with Gasteiger partial charge in [0.1, 0.15) is 0 Å². The fraction of sp³-hybridized carbons (Fsp3) is 0.333. The van der Waals surface area contributed by atoms with Crippen LogP contribution in [-0.4, -0.2) is 0 Å². The molecule has 2 N–H and O–H groups in total. The Hall–Kier alpha value is 0.350. The van der Waals surface area contributed by atoms with Crippen LogP contribution in [-0.2, 0) is 5.54 Å². The molecule has 2 aromatic heterocycles. The number of thiophene rings is 2. The smallest absolute Gasteiger partial charge is 0.0674 e. The normalized spacial score (nSPS) is 19.5. The number of hydrogen-bond acceptors (Lipinski definition) is 3. The van der Waals surface area contributed by atoms with Crippen molar-refractivity contribution < 1.29 is 0 Å². The first-order valence-electron chi connectivity index (χ1n) is 4.16. The van der Waals surface area contributed by atoms with Crippen LogP contribution in [0.15, 0.2) is 12.1 Å². The molecule has 2 aromatic rings. The molecule has 1 fully saturated rings. The predicted octanol–water partition coefficient (Wildman–Crippen LogP) is 3.52. The van der Waals surface area contributed by atoms with E-state index in [0.717, 1.165) is 12.8 Å². The monoisotopic (exact) mass is 321 g/mol. The van der Waals surface area contributed by atoms with Gasteiger partial charge in [-0.15, -0.1) is 22.7 Å². The summed E-state index contributed by atoms with van der Waals surface area (Å²) in [7, 11) is 0. The largest absolute Gasteiger partial charge is 0.321 e. The van der Waals surface area contributed by atoms with Crippen molar-refractivity contribution in [2.45, 2.75) is 18.4 Å². The average molecular weight is 321 g/mol. The minimum absolute atomic E-state index is 0.0504. The fourth-order valence-electron chi connectivity index (χ4n) is 1.43. The van der Waals surface area contributed by atoms with Crippen LogP contribution in [0.25, 0.3) is 9.40 Å². The molecule has 4 heteroatoms. The third-order valence-corrected chi connectivity index (χ3v) is 5.73. The van der Waals surface area contributed by atoms with Gasteiger partial charge in [-0.3, -0.25) is 0 Å². The minimum Gasteiger partial charge on any atom is -0.321 e. The quantitative estimate of drug-likeness (QED) is 0.799. The molecule has 1 aliphatic rings. The van der Waals surface area contributed by atoms with Gasteiger partial charge in [-0.25, -0.2) is 0 Å². The lowest BCUT2D eigenvalue weighted by Crippen LogP contribution is -2.16. The summed E-state index contributed by atoms with van der Waals surface area (Å²) in [6.07, 6.45) is 2.33. The highest BCUT2D eigenvalue weighted by Crippen LogP contribution is 2.48. The van der Waals surface area contributed by atoms with Crippen LogP contribution in [0.2, 0.25) is 0 Å². The highest BCUT2D eigenvalue weighted by molar-refractivity contribution is 14.1. The van der Waals surface area contributed by atoms with Crippen molar-refractivity contribution in [1.29, 1.82) is 0 Å². The molecular weight excluding hydrogens is 313 g/mol. The molecule has 3 rings (SSSR count). The lowest BCUT2D eigenvalue weighted by molar-refractivity contribution is 0.759. The number of hydrogen-bond donors (Lipinski definition) is 1. The summed E-state index contributed by atoms with van der Waals surface area (Å²) in [5.74, 6) is 0. The van der Waals surface area contributed by atoms with Crippen molar-refractivity contribution in [2.75, 3.05) is 0 Å². The van der Waals surface area contributed by atoms with Crippen LogP contribution in [0.3, 0.4) is 0 Å². The lowest BCUT2D eigenvalue weighted by atomic mass is 10.2. The van der Waals surface area contributed by atoms with Crippen LogP contribution < -0.4 is 5.73 Å². The van der Waals surface area contributed by atoms with Crippen molar-refractivity contribution in [2.24, 2.45) is 5.73 Å². The number of rotatable bonds is 1. The molecular formula is C9H8INS2. The topological polar surface area (TPSA) is 26.0 Å². The fourth-order valence-corrected chi connectivity index (χ4v) is 4.95. The second-order valence-corrected chi connectivity index (χ2v) is 7.61. The molecule has 13 heavy (non-hydrogen) atoms. The van der Waals surface area contributed by atoms with E-state index in [1.807, 2.05) is 22.7 Å². The maximum atomic E-state index is 6.14. The maximum absolute atomic E-state index is 6.14. The molecule has 0 atom stereocenters. The van der Waals surface area contributed by atoms with Gasteiger partial charge < -0.3 is 5.73 Å². The van der Waals surface area contributed by atoms with Gasteiger partial charge in [0.15, 0.2) is 0 Å². The molecule has 0 saturated heterocycles. The van der Waals surface area contributed by atoms with E-state index in [1.165, 1.54) is 17.2 Å². The maximum Gasteiger partial charge on any atom is 0.0674 e. The predicted molar refractivity (Wildman–Crippen MR) is 67.5 cm³/mol. The zero-order valence-corrected chi connectivity index (χ0v) is 10.6. The third kappa shape index (κ3) is 1.35. The van der Waals surface area contributed by atoms with Crippen molar-refractivity contribution >= 4 is 54.7 Å². The van der Waals surface area contributed by atoms with Crippen molar-refractivity contribution in [1.82, 2.24) is 0 Å². The van der Waals surface area contributed by atoms with Crippen LogP contribution in [0.5, 0.6) is 0 Å². The standard InChI is InChI=1S/C9H8INS2/c10-8-4-6-5(13-8)3-7(12-6)9(11)1-2-9/h3-4H,1-2,11H2. The van der Waals surface area contributed by atoms with Gasteiger partial charge in [0.05, 0.1) is 8.42 Å². The summed E-state index contributed by atoms with van der Waals surface area (Å²) in [6.45, 7) is 0. The van der Waals surface area contributed by atoms with Gasteiger partial charge in [0.2, 0.25) is 0 Å². The van der Waals surface area contributed by atoms with Crippen LogP contribution in [0.1, 0.15) is 17.7 Å². The molecule has 0 aliphatic heterocycles. The zero-order chi connectivity index (χ0) is 9.05. The summed E-state index contributed by atoms with van der Waals surface area (Å²) in [5, 5.41) is 0. The molecule has 0 spiro atoms. The molecule has 0 radical (unpaired) electrons. The molecule has 0 aromatic carbocycles. The highest BCUT2D eigenvalue weighted by Gasteiger charge is 2.41. The Labute approximate surface area is 98.1 Å². The van der Waals surface area contributed by atoms with Crippen LogP contribution in [0.4, 0.5) is 0 Å². The Bertz CT molecular complexity index is 435. The molecule has 0 bridgehead atoms. The molecule has 68 valence electrons. The number of nitrogens with two attached hydrogens (primary N) is 1. The zero-order valence-electron chi connectivity index (χ0n) is 6.84. The Morgan fingerprint density at radius 1 is 1.23 bits per heavy atom. The van der Waals surface area contributed by atoms with Crippen molar-refractivity contribution in [3.63, 3.8) is 0 Å². The average Bonchev–Trinajstić information content (AvgIpc) is 2.53. The molecule has 1 saturated carbocycles. The van der Waals surface area contributed by atoms with E-state index in [9.17, 15) is 0 Å². The van der Waals surface area contributed by atoms with E-state index < -0.39 is 0 Å². The molecule has 0 unspecified atom stereocenters. The van der Waals surface area contributed by atoms with Crippen LogP contribution >= 0.6 is 45.3 Å². The SMILES string of the molecule is NC1(c2cc3sc(I)cc3s2)CC1. The summed E-state index contributed by atoms with van der Waals surface area (Å²) in [6, 6.07) is 4.53. The van der Waals surface area contributed by atoms with E-state index in [1.54, 1.807) is 0 Å². The summed E-state index contributed by atoms with van der Waals surface area (Å²) in [4.78, 5) is 1.38. The second kappa shape index (κ2) is 2.68. The Balaban J connectivity index is 2.18. The third-order valence-electron chi connectivity index (χ3n) is 2.46. The molecule has 0 amide bonds. The van der Waals surface area contributed by atoms with Crippen molar-refractivity contribution in [3.05, 3.63) is 19.9 Å². The Morgan fingerprint density at radius 2 is 1.92 bits per heavy atom. The summed E-state index contributed by atoms with van der Waals surface area (Å²) >= 11 is 6.10. The first kappa shape index (κ1) is 8.64. The van der Waals surface area contributed by atoms with Crippen LogP contribution in [0, 0.1) is 2.88 Å². The van der Waals surface area contributed by atoms with Gasteiger partial charge in [0.25, 0.3) is 0 Å². The van der Waals surface area contributed by atoms with E-state index >= 15 is 0 Å². The minimum atomic E-state index is 0.0504. The summed E-state index contributed by atoms with van der Waals surface area (Å²) in [5.41, 5.74) is 6.19. The second-order valence-electron chi connectivity index (χ2n) is 3.55. The molecule has 1 aliphatic carbocycles. The number of fused-ring (bicyclic) bond motifs is 1. The number of halogens is 1. The van der Waals surface area contributed by atoms with Gasteiger partial charge in [-0.05, 0) is 47.6 Å². The first-order valence-corrected chi connectivity index (χ1v) is 6.87. The van der Waals surface area contributed by atoms with Gasteiger partial charge >= 0.3 is 0 Å². The van der Waals surface area contributed by atoms with Gasteiger partial charge in [-0.1, -0.05) is 0 Å². The highest BCUT2D eigenvalue weighted by atomic mass is 127. The van der Waals surface area contributed by atoms with Crippen molar-refractivity contribution in [3.8, 4) is 0 Å². The van der Waals surface area contributed by atoms with E-state index in [2.05, 4.69) is 34.7 Å². The van der Waals surface area contributed by atoms with Gasteiger partial charge in [0, 0.05) is 14.3 Å². The first-order chi connectivity index (χ1) is 6.17. The van der Waals surface area contributed by atoms with E-state index in [-0.39, 0.29) is 5.54 Å². The van der Waals surface area contributed by atoms with E-state index in [4.69, 9.17) is 5.73 Å². The Kier molecular flexibility index (Phi) is 1.78. The lowest BCUT2D eigenvalue weighted by Gasteiger charge is -2.02. The van der Waals surface area contributed by atoms with E-state index in [0.29, 0.717) is 0 Å².